The van der Waals surface area contributed by atoms with Crippen molar-refractivity contribution in [2.24, 2.45) is 11.8 Å². The summed E-state index contributed by atoms with van der Waals surface area (Å²) in [5.41, 5.74) is 1.23. The summed E-state index contributed by atoms with van der Waals surface area (Å²) in [6.45, 7) is 2.94. The molecule has 3 rings (SSSR count). The number of benzene rings is 1. The minimum absolute atomic E-state index is 0.714. The van der Waals surface area contributed by atoms with Gasteiger partial charge < -0.3 is 10.1 Å². The monoisotopic (exact) mass is 245 g/mol. The molecular weight excluding hydrogens is 222 g/mol. The van der Waals surface area contributed by atoms with Crippen molar-refractivity contribution in [3.63, 3.8) is 0 Å². The molecule has 0 saturated heterocycles. The van der Waals surface area contributed by atoms with Crippen molar-refractivity contribution >= 4 is 5.69 Å². The number of hydrogen-bond donors (Lipinski definition) is 1. The van der Waals surface area contributed by atoms with Crippen LogP contribution in [0.5, 0.6) is 5.75 Å². The van der Waals surface area contributed by atoms with Gasteiger partial charge in [-0.3, -0.25) is 0 Å². The average molecular weight is 245 g/mol. The van der Waals surface area contributed by atoms with Crippen LogP contribution in [0.25, 0.3) is 0 Å². The third kappa shape index (κ3) is 2.98. The predicted molar refractivity (Wildman–Crippen MR) is 75.1 cm³/mol. The number of nitrogens with one attached hydrogen (secondary N) is 1. The van der Waals surface area contributed by atoms with Crippen molar-refractivity contribution in [1.29, 1.82) is 0 Å². The fourth-order valence-corrected chi connectivity index (χ4v) is 2.62. The lowest BCUT2D eigenvalue weighted by Crippen LogP contribution is -2.24. The van der Waals surface area contributed by atoms with Gasteiger partial charge in [-0.2, -0.15) is 0 Å². The summed E-state index contributed by atoms with van der Waals surface area (Å²) in [5.74, 6) is 2.85. The Morgan fingerprint density at radius 3 is 2.56 bits per heavy atom. The predicted octanol–water partition coefficient (Wildman–Crippen LogP) is 4.08. The van der Waals surface area contributed by atoms with Crippen molar-refractivity contribution in [3.8, 4) is 5.75 Å². The molecule has 0 radical (unpaired) electrons. The van der Waals surface area contributed by atoms with Gasteiger partial charge in [0.25, 0.3) is 0 Å². The highest BCUT2D eigenvalue weighted by atomic mass is 16.5. The molecule has 2 aliphatic rings. The molecule has 2 heteroatoms. The van der Waals surface area contributed by atoms with Crippen molar-refractivity contribution in [2.75, 3.05) is 11.9 Å². The van der Waals surface area contributed by atoms with E-state index in [0.29, 0.717) is 6.04 Å². The molecule has 2 aliphatic carbocycles. The molecule has 1 aromatic rings. The molecule has 18 heavy (non-hydrogen) atoms. The van der Waals surface area contributed by atoms with E-state index in [1.54, 1.807) is 0 Å². The van der Waals surface area contributed by atoms with Crippen LogP contribution in [0.1, 0.15) is 39.0 Å². The SMILES string of the molecule is CCCOc1cccc(NC(C2CC2)C2CC2)c1. The van der Waals surface area contributed by atoms with Gasteiger partial charge in [-0.15, -0.1) is 0 Å². The van der Waals surface area contributed by atoms with E-state index in [-0.39, 0.29) is 0 Å². The summed E-state index contributed by atoms with van der Waals surface area (Å²) in [7, 11) is 0. The van der Waals surface area contributed by atoms with Crippen LogP contribution in [-0.2, 0) is 0 Å². The van der Waals surface area contributed by atoms with Crippen LogP contribution in [0.2, 0.25) is 0 Å². The van der Waals surface area contributed by atoms with Crippen LogP contribution >= 0.6 is 0 Å². The van der Waals surface area contributed by atoms with E-state index in [2.05, 4.69) is 30.4 Å². The molecule has 1 N–H and O–H groups in total. The Bertz CT molecular complexity index is 384. The molecule has 0 aliphatic heterocycles. The van der Waals surface area contributed by atoms with Gasteiger partial charge in [-0.25, -0.2) is 0 Å². The first kappa shape index (κ1) is 11.9. The maximum Gasteiger partial charge on any atom is 0.121 e. The summed E-state index contributed by atoms with van der Waals surface area (Å²) >= 11 is 0. The summed E-state index contributed by atoms with van der Waals surface area (Å²) < 4.78 is 5.69. The van der Waals surface area contributed by atoms with Crippen molar-refractivity contribution in [1.82, 2.24) is 0 Å². The molecule has 0 unspecified atom stereocenters. The zero-order valence-electron chi connectivity index (χ0n) is 11.2. The molecule has 1 aromatic carbocycles. The van der Waals surface area contributed by atoms with Crippen LogP contribution < -0.4 is 10.1 Å². The third-order valence-electron chi connectivity index (χ3n) is 3.90. The molecule has 2 saturated carbocycles. The molecule has 0 aromatic heterocycles. The van der Waals surface area contributed by atoms with E-state index in [1.807, 2.05) is 6.07 Å². The number of ether oxygens (including phenoxy) is 1. The van der Waals surface area contributed by atoms with Crippen molar-refractivity contribution in [2.45, 2.75) is 45.1 Å². The molecular formula is C16H23NO. The van der Waals surface area contributed by atoms with Crippen LogP contribution in [-0.4, -0.2) is 12.6 Å². The minimum Gasteiger partial charge on any atom is -0.494 e. The molecule has 0 heterocycles. The van der Waals surface area contributed by atoms with Crippen molar-refractivity contribution in [3.05, 3.63) is 24.3 Å². The van der Waals surface area contributed by atoms with Gasteiger partial charge in [0.15, 0.2) is 0 Å². The first-order chi connectivity index (χ1) is 8.86. The van der Waals surface area contributed by atoms with Crippen LogP contribution in [0.4, 0.5) is 5.69 Å². The number of anilines is 1. The van der Waals surface area contributed by atoms with Crippen LogP contribution in [0, 0.1) is 11.8 Å². The highest BCUT2D eigenvalue weighted by molar-refractivity contribution is 5.49. The van der Waals surface area contributed by atoms with Gasteiger partial charge in [-0.05, 0) is 56.1 Å². The zero-order chi connectivity index (χ0) is 12.4. The topological polar surface area (TPSA) is 21.3 Å². The molecule has 2 nitrogen and oxygen atoms in total. The Morgan fingerprint density at radius 1 is 1.22 bits per heavy atom. The smallest absolute Gasteiger partial charge is 0.121 e. The largest absolute Gasteiger partial charge is 0.494 e. The van der Waals surface area contributed by atoms with E-state index in [1.165, 1.54) is 31.4 Å². The minimum atomic E-state index is 0.714. The molecule has 2 fully saturated rings. The molecule has 98 valence electrons. The van der Waals surface area contributed by atoms with Crippen LogP contribution in [0.15, 0.2) is 24.3 Å². The van der Waals surface area contributed by atoms with E-state index in [0.717, 1.165) is 30.6 Å². The van der Waals surface area contributed by atoms with E-state index >= 15 is 0 Å². The Labute approximate surface area is 110 Å². The first-order valence-corrected chi connectivity index (χ1v) is 7.36. The fourth-order valence-electron chi connectivity index (χ4n) is 2.62. The fraction of sp³-hybridized carbons (Fsp3) is 0.625. The van der Waals surface area contributed by atoms with Crippen LogP contribution in [0.3, 0.4) is 0 Å². The lowest BCUT2D eigenvalue weighted by atomic mass is 10.1. The summed E-state index contributed by atoms with van der Waals surface area (Å²) in [4.78, 5) is 0. The zero-order valence-corrected chi connectivity index (χ0v) is 11.2. The van der Waals surface area contributed by atoms with Gasteiger partial charge >= 0.3 is 0 Å². The Hall–Kier alpha value is -1.18. The van der Waals surface area contributed by atoms with Gasteiger partial charge in [-0.1, -0.05) is 13.0 Å². The third-order valence-corrected chi connectivity index (χ3v) is 3.90. The highest BCUT2D eigenvalue weighted by Gasteiger charge is 2.41. The molecule has 0 spiro atoms. The van der Waals surface area contributed by atoms with Gasteiger partial charge in [0.05, 0.1) is 6.61 Å². The maximum absolute atomic E-state index is 5.69. The second-order valence-corrected chi connectivity index (χ2v) is 5.72. The second-order valence-electron chi connectivity index (χ2n) is 5.72. The summed E-state index contributed by atoms with van der Waals surface area (Å²) in [6.07, 6.45) is 6.73. The summed E-state index contributed by atoms with van der Waals surface area (Å²) in [6, 6.07) is 9.16. The lowest BCUT2D eigenvalue weighted by Gasteiger charge is -2.19. The number of hydrogen-bond acceptors (Lipinski definition) is 2. The van der Waals surface area contributed by atoms with E-state index in [9.17, 15) is 0 Å². The van der Waals surface area contributed by atoms with Gasteiger partial charge in [0.2, 0.25) is 0 Å². The summed E-state index contributed by atoms with van der Waals surface area (Å²) in [5, 5.41) is 3.74. The molecule has 0 atom stereocenters. The lowest BCUT2D eigenvalue weighted by molar-refractivity contribution is 0.317. The Balaban J connectivity index is 1.63. The highest BCUT2D eigenvalue weighted by Crippen LogP contribution is 2.45. The van der Waals surface area contributed by atoms with Gasteiger partial charge in [0, 0.05) is 17.8 Å². The average Bonchev–Trinajstić information content (AvgIpc) is 3.28. The molecule has 0 bridgehead atoms. The number of rotatable bonds is 7. The first-order valence-electron chi connectivity index (χ1n) is 7.36. The molecule has 0 amide bonds. The standard InChI is InChI=1S/C16H23NO/c1-2-10-18-15-5-3-4-14(11-15)17-16(12-6-7-12)13-8-9-13/h3-5,11-13,16-17H,2,6-10H2,1H3. The van der Waals surface area contributed by atoms with Crippen molar-refractivity contribution < 1.29 is 4.74 Å². The van der Waals surface area contributed by atoms with E-state index < -0.39 is 0 Å². The second kappa shape index (κ2) is 5.21. The Morgan fingerprint density at radius 2 is 1.94 bits per heavy atom. The quantitative estimate of drug-likeness (QED) is 0.781. The van der Waals surface area contributed by atoms with E-state index in [4.69, 9.17) is 4.74 Å². The van der Waals surface area contributed by atoms with Gasteiger partial charge in [0.1, 0.15) is 5.75 Å². The Kier molecular flexibility index (Phi) is 3.44. The normalized spacial score (nSPS) is 19.0. The maximum atomic E-state index is 5.69.